The summed E-state index contributed by atoms with van der Waals surface area (Å²) in [6.07, 6.45) is -4.65. The van der Waals surface area contributed by atoms with E-state index in [9.17, 15) is 22.4 Å². The van der Waals surface area contributed by atoms with Crippen molar-refractivity contribution in [3.8, 4) is 5.75 Å². The number of halogens is 4. The van der Waals surface area contributed by atoms with Gasteiger partial charge in [-0.1, -0.05) is 18.2 Å². The molecule has 1 aliphatic rings. The van der Waals surface area contributed by atoms with E-state index in [0.29, 0.717) is 18.5 Å². The maximum atomic E-state index is 13.8. The summed E-state index contributed by atoms with van der Waals surface area (Å²) < 4.78 is 58.9. The second kappa shape index (κ2) is 7.64. The summed E-state index contributed by atoms with van der Waals surface area (Å²) in [6, 6.07) is 7.16. The molecule has 2 heterocycles. The Morgan fingerprint density at radius 3 is 2.52 bits per heavy atom. The predicted octanol–water partition coefficient (Wildman–Crippen LogP) is 4.29. The summed E-state index contributed by atoms with van der Waals surface area (Å²) in [4.78, 5) is 15.6. The number of rotatable bonds is 5. The maximum Gasteiger partial charge on any atom is 0.429 e. The van der Waals surface area contributed by atoms with Crippen LogP contribution in [-0.4, -0.2) is 23.0 Å². The van der Waals surface area contributed by atoms with Crippen molar-refractivity contribution in [2.75, 3.05) is 0 Å². The van der Waals surface area contributed by atoms with E-state index in [1.165, 1.54) is 31.3 Å². The van der Waals surface area contributed by atoms with Crippen molar-refractivity contribution >= 4 is 5.78 Å². The molecule has 1 aliphatic heterocycles. The van der Waals surface area contributed by atoms with Crippen LogP contribution in [0.5, 0.6) is 5.75 Å². The number of aromatic nitrogens is 1. The van der Waals surface area contributed by atoms with Crippen molar-refractivity contribution < 1.29 is 27.1 Å². The van der Waals surface area contributed by atoms with Gasteiger partial charge in [0.05, 0.1) is 24.0 Å². The molecule has 144 valence electrons. The molecule has 2 aromatic rings. The summed E-state index contributed by atoms with van der Waals surface area (Å²) in [5.74, 6) is -1.07. The summed E-state index contributed by atoms with van der Waals surface area (Å²) in [5, 5.41) is 3.14. The molecule has 0 saturated carbocycles. The maximum absolute atomic E-state index is 13.8. The van der Waals surface area contributed by atoms with Gasteiger partial charge in [0.25, 0.3) is 0 Å². The van der Waals surface area contributed by atoms with E-state index in [4.69, 9.17) is 4.74 Å². The Bertz CT molecular complexity index is 808. The molecule has 0 radical (unpaired) electrons. The van der Waals surface area contributed by atoms with E-state index in [1.54, 1.807) is 6.07 Å². The number of hydrogen-bond acceptors (Lipinski definition) is 4. The largest absolute Gasteiger partial charge is 0.474 e. The molecule has 8 heteroatoms. The number of hydrogen-bond donors (Lipinski definition) is 1. The molecule has 1 fully saturated rings. The molecule has 0 amide bonds. The standard InChI is InChI=1S/C19H18F4N2O2/c1-11(26)15-8-9-17(25-15)16-7-6-12(10-24-16)27-18(19(21,22)23)13-4-2-3-5-14(13)20/h2-7,10,15,17-18,25H,8-9H2,1H3. The summed E-state index contributed by atoms with van der Waals surface area (Å²) in [7, 11) is 0. The first kappa shape index (κ1) is 19.3. The SMILES string of the molecule is CC(=O)C1CCC(c2ccc(OC(c3ccccc3F)C(F)(F)F)cn2)N1. The van der Waals surface area contributed by atoms with Crippen LogP contribution in [0.3, 0.4) is 0 Å². The van der Waals surface area contributed by atoms with Crippen molar-refractivity contribution in [1.82, 2.24) is 10.3 Å². The molecule has 3 rings (SSSR count). The highest BCUT2D eigenvalue weighted by atomic mass is 19.4. The van der Waals surface area contributed by atoms with Gasteiger partial charge >= 0.3 is 6.18 Å². The van der Waals surface area contributed by atoms with Crippen molar-refractivity contribution in [2.24, 2.45) is 0 Å². The van der Waals surface area contributed by atoms with Gasteiger partial charge in [0, 0.05) is 5.56 Å². The van der Waals surface area contributed by atoms with Crippen LogP contribution in [0.2, 0.25) is 0 Å². The Hall–Kier alpha value is -2.48. The number of carbonyl (C=O) groups is 1. The van der Waals surface area contributed by atoms with E-state index in [-0.39, 0.29) is 23.6 Å². The molecule has 4 nitrogen and oxygen atoms in total. The van der Waals surface area contributed by atoms with Gasteiger partial charge in [-0.05, 0) is 38.0 Å². The van der Waals surface area contributed by atoms with Crippen molar-refractivity contribution in [3.63, 3.8) is 0 Å². The Balaban J connectivity index is 1.76. The van der Waals surface area contributed by atoms with E-state index in [1.807, 2.05) is 0 Å². The smallest absolute Gasteiger partial charge is 0.429 e. The van der Waals surface area contributed by atoms with Crippen molar-refractivity contribution in [2.45, 2.75) is 44.1 Å². The van der Waals surface area contributed by atoms with Crippen LogP contribution in [0.1, 0.15) is 43.2 Å². The minimum atomic E-state index is -4.79. The first-order chi connectivity index (χ1) is 12.8. The number of ketones is 1. The van der Waals surface area contributed by atoms with Gasteiger partial charge in [0.1, 0.15) is 17.3 Å². The van der Waals surface area contributed by atoms with Crippen LogP contribution in [0.15, 0.2) is 42.6 Å². The molecule has 0 spiro atoms. The highest BCUT2D eigenvalue weighted by Gasteiger charge is 2.44. The topological polar surface area (TPSA) is 51.2 Å². The van der Waals surface area contributed by atoms with Crippen molar-refractivity contribution in [1.29, 1.82) is 0 Å². The molecule has 1 N–H and O–H groups in total. The Kier molecular flexibility index (Phi) is 5.46. The molecule has 1 aromatic heterocycles. The molecule has 1 aromatic carbocycles. The molecule has 0 bridgehead atoms. The normalized spacial score (nSPS) is 21.1. The van der Waals surface area contributed by atoms with Crippen LogP contribution < -0.4 is 10.1 Å². The first-order valence-electron chi connectivity index (χ1n) is 8.46. The van der Waals surface area contributed by atoms with Crippen LogP contribution >= 0.6 is 0 Å². The van der Waals surface area contributed by atoms with E-state index >= 15 is 0 Å². The molecule has 27 heavy (non-hydrogen) atoms. The first-order valence-corrected chi connectivity index (χ1v) is 8.46. The van der Waals surface area contributed by atoms with Crippen LogP contribution in [0.4, 0.5) is 17.6 Å². The van der Waals surface area contributed by atoms with E-state index < -0.39 is 23.7 Å². The predicted molar refractivity (Wildman–Crippen MR) is 89.6 cm³/mol. The third kappa shape index (κ3) is 4.44. The monoisotopic (exact) mass is 382 g/mol. The Morgan fingerprint density at radius 1 is 1.22 bits per heavy atom. The van der Waals surface area contributed by atoms with Gasteiger partial charge in [-0.2, -0.15) is 13.2 Å². The van der Waals surface area contributed by atoms with E-state index in [0.717, 1.165) is 12.1 Å². The Labute approximate surface area is 153 Å². The Morgan fingerprint density at radius 2 is 1.96 bits per heavy atom. The number of alkyl halides is 3. The van der Waals surface area contributed by atoms with Crippen LogP contribution in [0, 0.1) is 5.82 Å². The van der Waals surface area contributed by atoms with Gasteiger partial charge in [0.15, 0.2) is 0 Å². The lowest BCUT2D eigenvalue weighted by Crippen LogP contribution is -2.30. The zero-order chi connectivity index (χ0) is 19.6. The lowest BCUT2D eigenvalue weighted by atomic mass is 10.1. The fourth-order valence-electron chi connectivity index (χ4n) is 3.09. The number of ether oxygens (including phenoxy) is 1. The average molecular weight is 382 g/mol. The van der Waals surface area contributed by atoms with Gasteiger partial charge in [-0.25, -0.2) is 4.39 Å². The highest BCUT2D eigenvalue weighted by molar-refractivity contribution is 5.81. The lowest BCUT2D eigenvalue weighted by molar-refractivity contribution is -0.198. The number of nitrogens with zero attached hydrogens (tertiary/aromatic N) is 1. The van der Waals surface area contributed by atoms with Crippen LogP contribution in [0.25, 0.3) is 0 Å². The number of benzene rings is 1. The zero-order valence-corrected chi connectivity index (χ0v) is 14.5. The van der Waals surface area contributed by atoms with E-state index in [2.05, 4.69) is 10.3 Å². The summed E-state index contributed by atoms with van der Waals surface area (Å²) >= 11 is 0. The third-order valence-corrected chi connectivity index (χ3v) is 4.49. The minimum Gasteiger partial charge on any atom is -0.474 e. The third-order valence-electron chi connectivity index (χ3n) is 4.49. The molecule has 0 aliphatic carbocycles. The van der Waals surface area contributed by atoms with Gasteiger partial charge in [0.2, 0.25) is 6.10 Å². The second-order valence-corrected chi connectivity index (χ2v) is 6.44. The molecule has 3 atom stereocenters. The highest BCUT2D eigenvalue weighted by Crippen LogP contribution is 2.38. The van der Waals surface area contributed by atoms with Crippen LogP contribution in [-0.2, 0) is 4.79 Å². The number of pyridine rings is 1. The average Bonchev–Trinajstić information content (AvgIpc) is 3.10. The van der Waals surface area contributed by atoms with Gasteiger partial charge in [-0.15, -0.1) is 0 Å². The van der Waals surface area contributed by atoms with Crippen molar-refractivity contribution in [3.05, 3.63) is 59.7 Å². The number of carbonyl (C=O) groups excluding carboxylic acids is 1. The zero-order valence-electron chi connectivity index (χ0n) is 14.5. The number of Topliss-reactive ketones (excluding diaryl/α,β-unsaturated/α-hetero) is 1. The second-order valence-electron chi connectivity index (χ2n) is 6.44. The summed E-state index contributed by atoms with van der Waals surface area (Å²) in [6.45, 7) is 1.50. The molecular weight excluding hydrogens is 364 g/mol. The fourth-order valence-corrected chi connectivity index (χ4v) is 3.09. The van der Waals surface area contributed by atoms with Gasteiger partial charge in [-0.3, -0.25) is 15.1 Å². The summed E-state index contributed by atoms with van der Waals surface area (Å²) in [5.41, 5.74) is 0.0244. The number of nitrogens with one attached hydrogen (secondary N) is 1. The molecule has 1 saturated heterocycles. The molecule has 3 unspecified atom stereocenters. The minimum absolute atomic E-state index is 0.0374. The molecular formula is C19H18F4N2O2. The fraction of sp³-hybridized carbons (Fsp3) is 0.368. The lowest BCUT2D eigenvalue weighted by Gasteiger charge is -2.22. The quantitative estimate of drug-likeness (QED) is 0.784. The van der Waals surface area contributed by atoms with Gasteiger partial charge < -0.3 is 4.74 Å².